The molecule has 0 bridgehead atoms. The molecule has 2 aromatic rings. The second-order valence-electron chi connectivity index (χ2n) is 5.59. The van der Waals surface area contributed by atoms with Crippen molar-refractivity contribution in [3.63, 3.8) is 0 Å². The van der Waals surface area contributed by atoms with Gasteiger partial charge in [0.2, 0.25) is 10.0 Å². The number of ether oxygens (including phenoxy) is 2. The van der Waals surface area contributed by atoms with Crippen LogP contribution in [0.2, 0.25) is 0 Å². The summed E-state index contributed by atoms with van der Waals surface area (Å²) in [5.41, 5.74) is 1.72. The molecule has 0 N–H and O–H groups in total. The van der Waals surface area contributed by atoms with Crippen molar-refractivity contribution in [1.82, 2.24) is 4.31 Å². The van der Waals surface area contributed by atoms with Crippen molar-refractivity contribution >= 4 is 16.0 Å². The summed E-state index contributed by atoms with van der Waals surface area (Å²) in [6, 6.07) is 13.6. The number of aryl methyl sites for hydroxylation is 1. The smallest absolute Gasteiger partial charge is 0.321 e. The molecule has 0 fully saturated rings. The maximum atomic E-state index is 12.4. The number of carbonyl (C=O) groups excluding carboxylic acids is 1. The standard InChI is InChI=1S/C18H21NO5S/c1-14-7-9-17(10-8-14)25(21,22)19(2)12-18(20)24-13-15-5-4-6-16(11-15)23-3/h4-11H,12-13H2,1-3H3. The summed E-state index contributed by atoms with van der Waals surface area (Å²) in [4.78, 5) is 12.1. The Bertz CT molecular complexity index is 831. The molecule has 0 aromatic heterocycles. The first kappa shape index (κ1) is 19.0. The SMILES string of the molecule is COc1cccc(COC(=O)CN(C)S(=O)(=O)c2ccc(C)cc2)c1. The predicted molar refractivity (Wildman–Crippen MR) is 93.8 cm³/mol. The van der Waals surface area contributed by atoms with Crippen molar-refractivity contribution in [2.45, 2.75) is 18.4 Å². The number of likely N-dealkylation sites (N-methyl/N-ethyl adjacent to an activating group) is 1. The maximum Gasteiger partial charge on any atom is 0.321 e. The molecule has 0 radical (unpaired) electrons. The van der Waals surface area contributed by atoms with E-state index in [4.69, 9.17) is 9.47 Å². The molecular formula is C18H21NO5S. The van der Waals surface area contributed by atoms with Crippen molar-refractivity contribution in [1.29, 1.82) is 0 Å². The van der Waals surface area contributed by atoms with E-state index in [0.29, 0.717) is 5.75 Å². The van der Waals surface area contributed by atoms with Crippen LogP contribution in [-0.4, -0.2) is 39.4 Å². The second kappa shape index (κ2) is 8.13. The van der Waals surface area contributed by atoms with Gasteiger partial charge in [-0.3, -0.25) is 4.79 Å². The fourth-order valence-corrected chi connectivity index (χ4v) is 3.24. The van der Waals surface area contributed by atoms with E-state index < -0.39 is 16.0 Å². The summed E-state index contributed by atoms with van der Waals surface area (Å²) < 4.78 is 36.1. The number of hydrogen-bond donors (Lipinski definition) is 0. The molecule has 0 saturated heterocycles. The lowest BCUT2D eigenvalue weighted by molar-refractivity contribution is -0.144. The van der Waals surface area contributed by atoms with Crippen molar-refractivity contribution in [3.8, 4) is 5.75 Å². The van der Waals surface area contributed by atoms with Crippen LogP contribution in [0.3, 0.4) is 0 Å². The van der Waals surface area contributed by atoms with Gasteiger partial charge in [0.15, 0.2) is 0 Å². The van der Waals surface area contributed by atoms with Crippen LogP contribution in [0.1, 0.15) is 11.1 Å². The lowest BCUT2D eigenvalue weighted by Gasteiger charge is -2.16. The highest BCUT2D eigenvalue weighted by Gasteiger charge is 2.23. The Labute approximate surface area is 148 Å². The molecule has 25 heavy (non-hydrogen) atoms. The van der Waals surface area contributed by atoms with E-state index in [1.807, 2.05) is 6.92 Å². The fraction of sp³-hybridized carbons (Fsp3) is 0.278. The monoisotopic (exact) mass is 363 g/mol. The van der Waals surface area contributed by atoms with Crippen LogP contribution < -0.4 is 4.74 Å². The highest BCUT2D eigenvalue weighted by molar-refractivity contribution is 7.89. The van der Waals surface area contributed by atoms with Gasteiger partial charge in [-0.2, -0.15) is 4.31 Å². The molecule has 2 aromatic carbocycles. The summed E-state index contributed by atoms with van der Waals surface area (Å²) in [5.74, 6) is 0.0358. The van der Waals surface area contributed by atoms with Gasteiger partial charge in [0.05, 0.1) is 12.0 Å². The number of carbonyl (C=O) groups is 1. The van der Waals surface area contributed by atoms with Gasteiger partial charge >= 0.3 is 5.97 Å². The van der Waals surface area contributed by atoms with Crippen LogP contribution in [0.15, 0.2) is 53.4 Å². The van der Waals surface area contributed by atoms with Crippen LogP contribution in [0.25, 0.3) is 0 Å². The van der Waals surface area contributed by atoms with Crippen molar-refractivity contribution in [3.05, 3.63) is 59.7 Å². The first-order chi connectivity index (χ1) is 11.8. The fourth-order valence-electron chi connectivity index (χ4n) is 2.13. The zero-order chi connectivity index (χ0) is 18.4. The Balaban J connectivity index is 1.96. The molecule has 6 nitrogen and oxygen atoms in total. The van der Waals surface area contributed by atoms with Crippen molar-refractivity contribution in [2.24, 2.45) is 0 Å². The Morgan fingerprint density at radius 3 is 2.44 bits per heavy atom. The van der Waals surface area contributed by atoms with Gasteiger partial charge in [-0.15, -0.1) is 0 Å². The largest absolute Gasteiger partial charge is 0.497 e. The Hall–Kier alpha value is -2.38. The third kappa shape index (κ3) is 5.04. The van der Waals surface area contributed by atoms with E-state index in [0.717, 1.165) is 15.4 Å². The van der Waals surface area contributed by atoms with Crippen LogP contribution in [-0.2, 0) is 26.2 Å². The van der Waals surface area contributed by atoms with E-state index in [1.54, 1.807) is 43.5 Å². The third-order valence-corrected chi connectivity index (χ3v) is 5.43. The predicted octanol–water partition coefficient (Wildman–Crippen LogP) is 2.37. The number of hydrogen-bond acceptors (Lipinski definition) is 5. The molecule has 7 heteroatoms. The maximum absolute atomic E-state index is 12.4. The quantitative estimate of drug-likeness (QED) is 0.706. The van der Waals surface area contributed by atoms with Gasteiger partial charge in [0.25, 0.3) is 0 Å². The Morgan fingerprint density at radius 2 is 1.80 bits per heavy atom. The van der Waals surface area contributed by atoms with Crippen LogP contribution in [0.4, 0.5) is 0 Å². The van der Waals surface area contributed by atoms with E-state index in [1.165, 1.54) is 19.2 Å². The van der Waals surface area contributed by atoms with E-state index in [2.05, 4.69) is 0 Å². The number of nitrogens with zero attached hydrogens (tertiary/aromatic N) is 1. The van der Waals surface area contributed by atoms with Crippen LogP contribution in [0, 0.1) is 6.92 Å². The summed E-state index contributed by atoms with van der Waals surface area (Å²) in [6.45, 7) is 1.56. The Kier molecular flexibility index (Phi) is 6.17. The Morgan fingerprint density at radius 1 is 1.12 bits per heavy atom. The number of methoxy groups -OCH3 is 1. The molecule has 0 atom stereocenters. The first-order valence-corrected chi connectivity index (χ1v) is 9.08. The molecule has 0 aliphatic rings. The highest BCUT2D eigenvalue weighted by atomic mass is 32.2. The minimum absolute atomic E-state index is 0.0501. The van der Waals surface area contributed by atoms with Gasteiger partial charge in [0.1, 0.15) is 18.9 Å². The lowest BCUT2D eigenvalue weighted by atomic mass is 10.2. The van der Waals surface area contributed by atoms with Gasteiger partial charge in [0, 0.05) is 7.05 Å². The normalized spacial score (nSPS) is 11.4. The summed E-state index contributed by atoms with van der Waals surface area (Å²) in [5, 5.41) is 0. The number of rotatable bonds is 7. The zero-order valence-electron chi connectivity index (χ0n) is 14.4. The van der Waals surface area contributed by atoms with E-state index in [9.17, 15) is 13.2 Å². The average molecular weight is 363 g/mol. The zero-order valence-corrected chi connectivity index (χ0v) is 15.2. The third-order valence-electron chi connectivity index (χ3n) is 3.61. The van der Waals surface area contributed by atoms with Gasteiger partial charge in [-0.25, -0.2) is 8.42 Å². The second-order valence-corrected chi connectivity index (χ2v) is 7.63. The molecule has 134 valence electrons. The summed E-state index contributed by atoms with van der Waals surface area (Å²) in [6.07, 6.45) is 0. The minimum atomic E-state index is -3.73. The molecule has 0 heterocycles. The minimum Gasteiger partial charge on any atom is -0.497 e. The topological polar surface area (TPSA) is 72.9 Å². The number of sulfonamides is 1. The molecular weight excluding hydrogens is 342 g/mol. The van der Waals surface area contributed by atoms with Gasteiger partial charge in [-0.1, -0.05) is 29.8 Å². The number of benzene rings is 2. The molecule has 0 spiro atoms. The van der Waals surface area contributed by atoms with Crippen LogP contribution >= 0.6 is 0 Å². The van der Waals surface area contributed by atoms with E-state index in [-0.39, 0.29) is 18.0 Å². The molecule has 2 rings (SSSR count). The molecule has 0 aliphatic carbocycles. The average Bonchev–Trinajstić information content (AvgIpc) is 2.60. The summed E-state index contributed by atoms with van der Waals surface area (Å²) >= 11 is 0. The highest BCUT2D eigenvalue weighted by Crippen LogP contribution is 2.16. The van der Waals surface area contributed by atoms with E-state index >= 15 is 0 Å². The summed E-state index contributed by atoms with van der Waals surface area (Å²) in [7, 11) is -0.831. The first-order valence-electron chi connectivity index (χ1n) is 7.64. The molecule has 0 aliphatic heterocycles. The van der Waals surface area contributed by atoms with Gasteiger partial charge in [-0.05, 0) is 36.8 Å². The van der Waals surface area contributed by atoms with Crippen molar-refractivity contribution in [2.75, 3.05) is 20.7 Å². The number of esters is 1. The lowest BCUT2D eigenvalue weighted by Crippen LogP contribution is -2.33. The van der Waals surface area contributed by atoms with Gasteiger partial charge < -0.3 is 9.47 Å². The molecule has 0 saturated carbocycles. The van der Waals surface area contributed by atoms with Crippen LogP contribution in [0.5, 0.6) is 5.75 Å². The molecule has 0 unspecified atom stereocenters. The molecule has 0 amide bonds. The van der Waals surface area contributed by atoms with Crippen molar-refractivity contribution < 1.29 is 22.7 Å².